The van der Waals surface area contributed by atoms with Crippen molar-refractivity contribution in [1.29, 1.82) is 21.0 Å². The van der Waals surface area contributed by atoms with E-state index >= 15 is 0 Å². The van der Waals surface area contributed by atoms with Gasteiger partial charge in [-0.3, -0.25) is 19.9 Å². The third-order valence-electron chi connectivity index (χ3n) is 13.3. The van der Waals surface area contributed by atoms with Gasteiger partial charge in [0.05, 0.1) is 69.3 Å². The van der Waals surface area contributed by atoms with Gasteiger partial charge in [0.15, 0.2) is 0 Å². The molecule has 8 heteroatoms. The Morgan fingerprint density at radius 1 is 0.250 bits per heavy atom. The second-order valence-corrected chi connectivity index (χ2v) is 17.5. The van der Waals surface area contributed by atoms with Crippen LogP contribution in [-0.4, -0.2) is 19.9 Å². The van der Waals surface area contributed by atoms with Crippen LogP contribution in [-0.2, 0) is 0 Å². The van der Waals surface area contributed by atoms with Crippen LogP contribution < -0.4 is 0 Å². The van der Waals surface area contributed by atoms with Crippen molar-refractivity contribution in [2.24, 2.45) is 0 Å². The summed E-state index contributed by atoms with van der Waals surface area (Å²) in [4.78, 5) is 18.7. The number of nitriles is 4. The molecule has 0 aliphatic heterocycles. The van der Waals surface area contributed by atoms with E-state index in [2.05, 4.69) is 129 Å². The monoisotopic (exact) mass is 914 g/mol. The van der Waals surface area contributed by atoms with E-state index in [1.807, 2.05) is 72.8 Å². The van der Waals surface area contributed by atoms with Gasteiger partial charge < -0.3 is 0 Å². The molecule has 0 saturated carbocycles. The lowest BCUT2D eigenvalue weighted by Crippen LogP contribution is -1.95. The first kappa shape index (κ1) is 42.7. The van der Waals surface area contributed by atoms with Gasteiger partial charge in [0.1, 0.15) is 0 Å². The van der Waals surface area contributed by atoms with E-state index < -0.39 is 0 Å². The number of hydrogen-bond acceptors (Lipinski definition) is 8. The van der Waals surface area contributed by atoms with Crippen molar-refractivity contribution in [3.63, 3.8) is 0 Å². The van der Waals surface area contributed by atoms with Crippen LogP contribution in [0.15, 0.2) is 207 Å². The molecule has 0 N–H and O–H groups in total. The zero-order chi connectivity index (χ0) is 48.7. The van der Waals surface area contributed by atoms with Crippen LogP contribution in [0.2, 0.25) is 0 Å². The van der Waals surface area contributed by atoms with Crippen molar-refractivity contribution in [3.8, 4) is 114 Å². The number of benzene rings is 8. The quantitative estimate of drug-likeness (QED) is 0.137. The number of hydrogen-bond donors (Lipinski definition) is 0. The molecule has 0 spiro atoms. The molecule has 0 saturated heterocycles. The Morgan fingerprint density at radius 3 is 0.722 bits per heavy atom. The van der Waals surface area contributed by atoms with Crippen molar-refractivity contribution < 1.29 is 0 Å². The number of aromatic nitrogens is 4. The molecule has 0 atom stereocenters. The van der Waals surface area contributed by atoms with Gasteiger partial charge in [-0.2, -0.15) is 21.0 Å². The predicted octanol–water partition coefficient (Wildman–Crippen LogP) is 15.0. The average molecular weight is 915 g/mol. The fraction of sp³-hybridized carbons (Fsp3) is 0. The summed E-state index contributed by atoms with van der Waals surface area (Å²) in [5.74, 6) is 0. The van der Waals surface area contributed by atoms with Crippen LogP contribution in [0.25, 0.3) is 122 Å². The lowest BCUT2D eigenvalue weighted by atomic mass is 9.81. The Kier molecular flexibility index (Phi) is 10.5. The highest BCUT2D eigenvalue weighted by atomic mass is 14.7. The van der Waals surface area contributed by atoms with Gasteiger partial charge in [-0.25, -0.2) is 0 Å². The first-order valence-electron chi connectivity index (χ1n) is 23.1. The Bertz CT molecular complexity index is 3800. The standard InChI is InChI=1S/C64H34N8/c65-35-39-17-21-69-59(25-39)47-9-1-5-43(29-47)55-33-56(44-6-2-10-48(30-44)60-26-40(36-66)18-22-70-60)52-15-16-54-58(46-8-4-12-50(32-46)62-28-42(38-68)20-24-72-62)34-57(53-14-13-51(55)63(52)64(53)54)45-7-3-11-49(31-45)61-27-41(37-67)19-23-71-61/h1-34H. The summed E-state index contributed by atoms with van der Waals surface area (Å²) in [6.07, 6.45) is 6.68. The van der Waals surface area contributed by atoms with Crippen LogP contribution in [0.1, 0.15) is 22.3 Å². The molecule has 0 aliphatic carbocycles. The molecule has 0 unspecified atom stereocenters. The molecule has 12 rings (SSSR count). The topological polar surface area (TPSA) is 147 Å². The molecule has 4 aromatic heterocycles. The van der Waals surface area contributed by atoms with Crippen LogP contribution in [0.4, 0.5) is 0 Å². The maximum atomic E-state index is 9.78. The van der Waals surface area contributed by atoms with E-state index in [1.54, 1.807) is 49.1 Å². The first-order chi connectivity index (χ1) is 35.5. The minimum absolute atomic E-state index is 0.534. The molecule has 0 bridgehead atoms. The van der Waals surface area contributed by atoms with Gasteiger partial charge in [0.25, 0.3) is 0 Å². The fourth-order valence-corrected chi connectivity index (χ4v) is 9.96. The summed E-state index contributed by atoms with van der Waals surface area (Å²) >= 11 is 0. The number of nitrogens with zero attached hydrogens (tertiary/aromatic N) is 8. The molecular weight excluding hydrogens is 881 g/mol. The van der Waals surface area contributed by atoms with Crippen LogP contribution in [0.5, 0.6) is 0 Å². The molecule has 8 aromatic carbocycles. The molecule has 12 aromatic rings. The highest BCUT2D eigenvalue weighted by Crippen LogP contribution is 2.49. The maximum Gasteiger partial charge on any atom is 0.0992 e. The second-order valence-electron chi connectivity index (χ2n) is 17.5. The van der Waals surface area contributed by atoms with Crippen LogP contribution in [0, 0.1) is 45.3 Å². The third-order valence-corrected chi connectivity index (χ3v) is 13.3. The summed E-state index contributed by atoms with van der Waals surface area (Å²) < 4.78 is 0. The molecule has 0 amide bonds. The minimum Gasteiger partial charge on any atom is -0.256 e. The summed E-state index contributed by atoms with van der Waals surface area (Å²) in [7, 11) is 0. The minimum atomic E-state index is 0.534. The Morgan fingerprint density at radius 2 is 0.486 bits per heavy atom. The van der Waals surface area contributed by atoms with Gasteiger partial charge in [-0.05, 0) is 162 Å². The van der Waals surface area contributed by atoms with E-state index in [4.69, 9.17) is 0 Å². The molecule has 4 heterocycles. The molecule has 330 valence electrons. The van der Waals surface area contributed by atoms with E-state index in [9.17, 15) is 21.0 Å². The summed E-state index contributed by atoms with van der Waals surface area (Å²) in [5, 5.41) is 45.5. The molecule has 8 nitrogen and oxygen atoms in total. The lowest BCUT2D eigenvalue weighted by molar-refractivity contribution is 1.31. The predicted molar refractivity (Wildman–Crippen MR) is 284 cm³/mol. The molecule has 72 heavy (non-hydrogen) atoms. The zero-order valence-corrected chi connectivity index (χ0v) is 38.2. The largest absolute Gasteiger partial charge is 0.256 e. The molecule has 0 aliphatic rings. The van der Waals surface area contributed by atoms with E-state index in [0.717, 1.165) is 99.1 Å². The third kappa shape index (κ3) is 7.58. The van der Waals surface area contributed by atoms with Gasteiger partial charge in [-0.1, -0.05) is 97.1 Å². The number of pyridine rings is 4. The SMILES string of the molecule is N#Cc1ccnc(-c2cccc(-c3cc(-c4cccc(-c5cc(C#N)ccn5)c4)c4ccc5c(-c6cccc(-c7cc(C#N)ccn7)c6)cc(-c6cccc(-c7cc(C#N)ccn7)c6)c6ccc3c4c65)c2)c1. The number of rotatable bonds is 8. The van der Waals surface area contributed by atoms with Gasteiger partial charge >= 0.3 is 0 Å². The van der Waals surface area contributed by atoms with Crippen molar-refractivity contribution in [1.82, 2.24) is 19.9 Å². The lowest BCUT2D eigenvalue weighted by Gasteiger charge is -2.22. The van der Waals surface area contributed by atoms with Crippen molar-refractivity contribution >= 4 is 32.3 Å². The Balaban J connectivity index is 1.17. The highest BCUT2D eigenvalue weighted by Gasteiger charge is 2.22. The smallest absolute Gasteiger partial charge is 0.0992 e. The van der Waals surface area contributed by atoms with Gasteiger partial charge in [-0.15, -0.1) is 0 Å². The fourth-order valence-electron chi connectivity index (χ4n) is 9.96. The Labute approximate surface area is 414 Å². The van der Waals surface area contributed by atoms with Crippen molar-refractivity contribution in [2.45, 2.75) is 0 Å². The maximum absolute atomic E-state index is 9.78. The van der Waals surface area contributed by atoms with E-state index in [-0.39, 0.29) is 0 Å². The zero-order valence-electron chi connectivity index (χ0n) is 38.2. The van der Waals surface area contributed by atoms with Gasteiger partial charge in [0, 0.05) is 47.0 Å². The Hall–Kier alpha value is -10.6. The van der Waals surface area contributed by atoms with E-state index in [0.29, 0.717) is 45.0 Å². The van der Waals surface area contributed by atoms with Crippen LogP contribution in [0.3, 0.4) is 0 Å². The van der Waals surface area contributed by atoms with Crippen molar-refractivity contribution in [2.75, 3.05) is 0 Å². The average Bonchev–Trinajstić information content (AvgIpc) is 3.46. The normalized spacial score (nSPS) is 11.0. The first-order valence-corrected chi connectivity index (χ1v) is 23.1. The highest BCUT2D eigenvalue weighted by molar-refractivity contribution is 6.32. The summed E-state index contributed by atoms with van der Waals surface area (Å²) in [5.41, 5.74) is 16.5. The molecule has 0 fully saturated rings. The molecular formula is C64H34N8. The second kappa shape index (κ2) is 17.8. The van der Waals surface area contributed by atoms with Crippen molar-refractivity contribution in [3.05, 3.63) is 229 Å². The summed E-state index contributed by atoms with van der Waals surface area (Å²) in [6.45, 7) is 0. The van der Waals surface area contributed by atoms with E-state index in [1.165, 1.54) is 0 Å². The van der Waals surface area contributed by atoms with Gasteiger partial charge in [0.2, 0.25) is 0 Å². The molecule has 0 radical (unpaired) electrons. The summed E-state index contributed by atoms with van der Waals surface area (Å²) in [6, 6.07) is 69.9. The van der Waals surface area contributed by atoms with Crippen LogP contribution >= 0.6 is 0 Å².